The van der Waals surface area contributed by atoms with Gasteiger partial charge in [-0.25, -0.2) is 0 Å². The Hall–Kier alpha value is -3.79. The molecule has 7 heteroatoms. The first-order valence-electron chi connectivity index (χ1n) is 21.4. The fraction of sp³-hybridized carbons (Fsp3) is 0.480. The van der Waals surface area contributed by atoms with Gasteiger partial charge in [0.1, 0.15) is 0 Å². The molecule has 0 saturated heterocycles. The van der Waals surface area contributed by atoms with Crippen molar-refractivity contribution in [3.05, 3.63) is 97.1 Å². The molecule has 0 aliphatic heterocycles. The summed E-state index contributed by atoms with van der Waals surface area (Å²) in [4.78, 5) is 26.8. The third-order valence-electron chi connectivity index (χ3n) is 15.2. The number of benzene rings is 4. The van der Waals surface area contributed by atoms with Crippen molar-refractivity contribution in [3.63, 3.8) is 0 Å². The van der Waals surface area contributed by atoms with Gasteiger partial charge < -0.3 is 0 Å². The van der Waals surface area contributed by atoms with E-state index in [2.05, 4.69) is 62.4 Å². The van der Waals surface area contributed by atoms with Crippen molar-refractivity contribution in [2.75, 3.05) is 13.2 Å². The number of esters is 2. The molecule has 0 amide bonds. The number of hydrogen-bond donors (Lipinski definition) is 0. The second-order valence-corrected chi connectivity index (χ2v) is 21.9. The van der Waals surface area contributed by atoms with Crippen LogP contribution < -0.4 is 16.7 Å². The Balaban J connectivity index is 0.841. The van der Waals surface area contributed by atoms with Crippen LogP contribution in [-0.4, -0.2) is 57.3 Å². The Morgan fingerprint density at radius 2 is 0.860 bits per heavy atom. The van der Waals surface area contributed by atoms with Gasteiger partial charge in [-0.15, -0.1) is 0 Å². The Labute approximate surface area is 347 Å². The van der Waals surface area contributed by atoms with Gasteiger partial charge in [0, 0.05) is 0 Å². The van der Waals surface area contributed by atoms with Crippen molar-refractivity contribution >= 4 is 40.1 Å². The van der Waals surface area contributed by atoms with Gasteiger partial charge >= 0.3 is 336 Å². The first kappa shape index (κ1) is 37.5. The maximum atomic E-state index is 13.4. The monoisotopic (exact) mass is 880 g/mol. The Bertz CT molecular complexity index is 1920. The Kier molecular flexibility index (Phi) is 9.93. The quantitative estimate of drug-likeness (QED) is 0.105. The summed E-state index contributed by atoms with van der Waals surface area (Å²) in [5.41, 5.74) is 3.29. The average molecular weight is 879 g/mol. The summed E-state index contributed by atoms with van der Waals surface area (Å²) in [7, 11) is 0. The fourth-order valence-electron chi connectivity index (χ4n) is 12.6. The van der Waals surface area contributed by atoms with Crippen molar-refractivity contribution in [3.8, 4) is 33.8 Å². The van der Waals surface area contributed by atoms with Crippen LogP contribution in [0.3, 0.4) is 0 Å². The van der Waals surface area contributed by atoms with Crippen LogP contribution in [0.2, 0.25) is 0 Å². The van der Waals surface area contributed by atoms with Gasteiger partial charge in [-0.2, -0.15) is 0 Å². The molecule has 8 fully saturated rings. The molecule has 6 nitrogen and oxygen atoms in total. The van der Waals surface area contributed by atoms with Gasteiger partial charge in [0.25, 0.3) is 0 Å². The molecule has 8 aliphatic carbocycles. The molecule has 0 heterocycles. The zero-order valence-corrected chi connectivity index (χ0v) is 35.5. The molecule has 8 saturated carbocycles. The summed E-state index contributed by atoms with van der Waals surface area (Å²) in [6.45, 7) is 4.17. The Morgan fingerprint density at radius 3 is 1.21 bits per heavy atom. The molecule has 4 aromatic rings. The van der Waals surface area contributed by atoms with E-state index >= 15 is 0 Å². The predicted octanol–water partition coefficient (Wildman–Crippen LogP) is 8.95. The van der Waals surface area contributed by atoms with E-state index in [1.807, 2.05) is 48.5 Å². The summed E-state index contributed by atoms with van der Waals surface area (Å²) >= 11 is -0.838. The maximum absolute atomic E-state index is 13.4. The molecule has 0 aromatic heterocycles. The number of carbonyl (C=O) groups excluding carboxylic acids is 2. The molecule has 0 radical (unpaired) electrons. The van der Waals surface area contributed by atoms with Crippen molar-refractivity contribution in [1.82, 2.24) is 0 Å². The molecule has 12 rings (SSSR count). The molecule has 0 atom stereocenters. The molecule has 8 aliphatic rings. The van der Waals surface area contributed by atoms with Crippen LogP contribution in [0.5, 0.6) is 11.5 Å². The zero-order chi connectivity index (χ0) is 38.7. The summed E-state index contributed by atoms with van der Waals surface area (Å²) < 4.78 is 27.8. The average Bonchev–Trinajstić information content (AvgIpc) is 3.21. The van der Waals surface area contributed by atoms with E-state index in [0.29, 0.717) is 35.2 Å². The SMILES string of the molecule is CC1(OC(=O)COc2ccc([Te]c3ccc(OCC(=O)OC4(C)C5CC6CC(C5)CC4C6)c(-c4ccccc4)c3)cc2-c2ccccc2)C2CC3CC(C2)CC1C3. The van der Waals surface area contributed by atoms with Crippen LogP contribution >= 0.6 is 0 Å². The van der Waals surface area contributed by atoms with Crippen molar-refractivity contribution in [1.29, 1.82) is 0 Å². The fourth-order valence-corrected chi connectivity index (χ4v) is 15.2. The second kappa shape index (κ2) is 15.1. The van der Waals surface area contributed by atoms with E-state index in [0.717, 1.165) is 45.9 Å². The molecule has 57 heavy (non-hydrogen) atoms. The summed E-state index contributed by atoms with van der Waals surface area (Å²) in [5, 5.41) is 0. The van der Waals surface area contributed by atoms with E-state index in [1.165, 1.54) is 71.4 Å². The van der Waals surface area contributed by atoms with Crippen LogP contribution in [-0.2, 0) is 19.1 Å². The molecule has 0 N–H and O–H groups in total. The van der Waals surface area contributed by atoms with E-state index < -0.39 is 20.9 Å². The molecular weight excluding hydrogens is 824 g/mol. The first-order chi connectivity index (χ1) is 27.7. The van der Waals surface area contributed by atoms with Crippen LogP contribution in [0.1, 0.15) is 78.1 Å². The molecule has 296 valence electrons. The molecule has 4 aromatic carbocycles. The van der Waals surface area contributed by atoms with Gasteiger partial charge in [-0.05, 0) is 12.8 Å². The third-order valence-corrected chi connectivity index (χ3v) is 18.0. The number of rotatable bonds is 12. The van der Waals surface area contributed by atoms with Crippen LogP contribution in [0.15, 0.2) is 97.1 Å². The normalized spacial score (nSPS) is 32.9. The van der Waals surface area contributed by atoms with Crippen molar-refractivity contribution < 1.29 is 28.5 Å². The molecule has 8 bridgehead atoms. The van der Waals surface area contributed by atoms with E-state index in [9.17, 15) is 9.59 Å². The Morgan fingerprint density at radius 1 is 0.509 bits per heavy atom. The zero-order valence-electron chi connectivity index (χ0n) is 33.2. The van der Waals surface area contributed by atoms with E-state index in [-0.39, 0.29) is 36.4 Å². The number of hydrogen-bond acceptors (Lipinski definition) is 6. The van der Waals surface area contributed by atoms with E-state index in [4.69, 9.17) is 18.9 Å². The first-order valence-corrected chi connectivity index (χ1v) is 23.8. The molecule has 0 spiro atoms. The summed E-state index contributed by atoms with van der Waals surface area (Å²) in [6, 6.07) is 33.3. The van der Waals surface area contributed by atoms with Crippen molar-refractivity contribution in [2.24, 2.45) is 47.3 Å². The van der Waals surface area contributed by atoms with Crippen molar-refractivity contribution in [2.45, 2.75) is 89.3 Å². The number of carbonyl (C=O) groups is 2. The summed E-state index contributed by atoms with van der Waals surface area (Å²) in [6.07, 6.45) is 12.3. The van der Waals surface area contributed by atoms with Gasteiger partial charge in [-0.3, -0.25) is 0 Å². The topological polar surface area (TPSA) is 71.1 Å². The van der Waals surface area contributed by atoms with Crippen LogP contribution in [0.25, 0.3) is 22.3 Å². The minimum atomic E-state index is -0.838. The molecule has 0 unspecified atom stereocenters. The van der Waals surface area contributed by atoms with Gasteiger partial charge in [-0.1, -0.05) is 0 Å². The van der Waals surface area contributed by atoms with Gasteiger partial charge in [0.15, 0.2) is 0 Å². The van der Waals surface area contributed by atoms with Crippen LogP contribution in [0.4, 0.5) is 0 Å². The second-order valence-electron chi connectivity index (χ2n) is 18.7. The van der Waals surface area contributed by atoms with E-state index in [1.54, 1.807) is 0 Å². The summed E-state index contributed by atoms with van der Waals surface area (Å²) in [5.74, 6) is 6.00. The van der Waals surface area contributed by atoms with Crippen LogP contribution in [0, 0.1) is 47.3 Å². The molecular formula is C50H54O6Te. The van der Waals surface area contributed by atoms with Gasteiger partial charge in [0.05, 0.1) is 0 Å². The third kappa shape index (κ3) is 7.31. The number of ether oxygens (including phenoxy) is 4. The predicted molar refractivity (Wildman–Crippen MR) is 223 cm³/mol. The minimum absolute atomic E-state index is 0.103. The van der Waals surface area contributed by atoms with Gasteiger partial charge in [0.2, 0.25) is 0 Å². The standard InChI is InChI=1S/C50H54O6Te/c1-49(37-19-31-17-32(21-37)22-38(49)20-31)55-47(51)29-53-45-15-13-41(27-43(45)35-9-5-3-6-10-35)57-42-14-16-46(44(28-42)36-11-7-4-8-12-36)54-30-48(52)56-50(2)39-23-33-18-34(25-39)26-40(50)24-33/h3-16,27-28,31-34,37-40H,17-26,29-30H2,1-2H3.